The van der Waals surface area contributed by atoms with Crippen molar-refractivity contribution in [2.45, 2.75) is 17.5 Å². The van der Waals surface area contributed by atoms with Crippen LogP contribution in [0, 0.1) is 16.0 Å². The zero-order chi connectivity index (χ0) is 29.9. The summed E-state index contributed by atoms with van der Waals surface area (Å²) < 4.78 is 5.29. The van der Waals surface area contributed by atoms with Crippen molar-refractivity contribution in [3.8, 4) is 5.75 Å². The number of nitro groups is 1. The maximum Gasteiger partial charge on any atom is 0.270 e. The Morgan fingerprint density at radius 3 is 2.42 bits per heavy atom. The van der Waals surface area contributed by atoms with Crippen LogP contribution in [0.2, 0.25) is 0 Å². The fraction of sp³-hybridized carbons (Fsp3) is 0.147. The van der Waals surface area contributed by atoms with Gasteiger partial charge in [0.25, 0.3) is 5.69 Å². The van der Waals surface area contributed by atoms with E-state index in [4.69, 9.17) is 4.74 Å². The van der Waals surface area contributed by atoms with Gasteiger partial charge in [0.2, 0.25) is 5.91 Å². The van der Waals surface area contributed by atoms with Crippen LogP contribution in [0.25, 0.3) is 6.08 Å². The highest BCUT2D eigenvalue weighted by atomic mass is 16.6. The first kappa shape index (κ1) is 26.3. The molecule has 0 saturated carbocycles. The maximum atomic E-state index is 14.8. The van der Waals surface area contributed by atoms with Gasteiger partial charge in [-0.25, -0.2) is 0 Å². The minimum absolute atomic E-state index is 0.0845. The summed E-state index contributed by atoms with van der Waals surface area (Å²) in [4.78, 5) is 56.8. The number of ketones is 2. The highest BCUT2D eigenvalue weighted by molar-refractivity contribution is 6.18. The number of ether oxygens (including phenoxy) is 1. The van der Waals surface area contributed by atoms with Crippen LogP contribution in [0.3, 0.4) is 0 Å². The van der Waals surface area contributed by atoms with Crippen LogP contribution in [0.15, 0.2) is 103 Å². The van der Waals surface area contributed by atoms with Gasteiger partial charge in [-0.15, -0.1) is 0 Å². The molecule has 0 aliphatic carbocycles. The number of hydrogen-bond donors (Lipinski definition) is 1. The minimum atomic E-state index is -1.47. The number of para-hydroxylation sites is 2. The van der Waals surface area contributed by atoms with Gasteiger partial charge < -0.3 is 15.0 Å². The van der Waals surface area contributed by atoms with Gasteiger partial charge >= 0.3 is 0 Å². The van der Waals surface area contributed by atoms with Gasteiger partial charge in [0, 0.05) is 34.6 Å². The summed E-state index contributed by atoms with van der Waals surface area (Å²) in [5.41, 5.74) is 1.42. The average Bonchev–Trinajstić information content (AvgIpc) is 3.52. The Hall–Kier alpha value is -5.57. The molecular formula is C34H25N3O6. The predicted octanol–water partition coefficient (Wildman–Crippen LogP) is 5.46. The molecule has 1 N–H and O–H groups in total. The van der Waals surface area contributed by atoms with Gasteiger partial charge in [0.15, 0.2) is 11.6 Å². The molecule has 0 radical (unpaired) electrons. The standard InChI is InChI=1S/C34H25N3O6/c1-43-24-16-13-21(14-17-24)31(38)29-30(32(39)22-8-6-9-23(19-22)37(41)42)36-27-12-5-2-7-20(27)15-18-28(36)34(29)25-10-3-4-11-26(25)35-33(34)40/h2-19,28-30H,1H3,(H,35,40)/t28-,29-,30-,34+/m1/s1. The smallest absolute Gasteiger partial charge is 0.270 e. The molecule has 212 valence electrons. The Kier molecular flexibility index (Phi) is 5.98. The van der Waals surface area contributed by atoms with E-state index < -0.39 is 39.9 Å². The van der Waals surface area contributed by atoms with Crippen LogP contribution < -0.4 is 15.0 Å². The number of nitro benzene ring substituents is 1. The molecule has 1 saturated heterocycles. The monoisotopic (exact) mass is 571 g/mol. The Morgan fingerprint density at radius 2 is 1.65 bits per heavy atom. The molecule has 4 aromatic carbocycles. The lowest BCUT2D eigenvalue weighted by molar-refractivity contribution is -0.384. The van der Waals surface area contributed by atoms with Crippen molar-refractivity contribution in [1.29, 1.82) is 0 Å². The molecule has 9 heteroatoms. The van der Waals surface area contributed by atoms with Gasteiger partial charge in [-0.1, -0.05) is 60.7 Å². The van der Waals surface area contributed by atoms with E-state index >= 15 is 0 Å². The molecule has 3 aliphatic heterocycles. The van der Waals surface area contributed by atoms with E-state index in [0.717, 1.165) is 5.56 Å². The van der Waals surface area contributed by atoms with E-state index in [0.29, 0.717) is 28.3 Å². The molecule has 3 aliphatic rings. The number of methoxy groups -OCH3 is 1. The third kappa shape index (κ3) is 3.74. The molecule has 0 bridgehead atoms. The topological polar surface area (TPSA) is 119 Å². The summed E-state index contributed by atoms with van der Waals surface area (Å²) in [6.45, 7) is 0. The third-order valence-electron chi connectivity index (χ3n) is 8.81. The lowest BCUT2D eigenvalue weighted by Gasteiger charge is -2.37. The molecule has 7 rings (SSSR count). The Morgan fingerprint density at radius 1 is 0.907 bits per heavy atom. The number of hydrogen-bond acceptors (Lipinski definition) is 7. The number of carbonyl (C=O) groups is 3. The molecule has 3 heterocycles. The second kappa shape index (κ2) is 9.77. The number of amides is 1. The number of benzene rings is 4. The fourth-order valence-electron chi connectivity index (χ4n) is 7.00. The number of rotatable bonds is 6. The second-order valence-corrected chi connectivity index (χ2v) is 10.8. The van der Waals surface area contributed by atoms with Crippen LogP contribution in [0.5, 0.6) is 5.75 Å². The van der Waals surface area contributed by atoms with E-state index in [1.807, 2.05) is 59.5 Å². The van der Waals surface area contributed by atoms with Crippen molar-refractivity contribution < 1.29 is 24.0 Å². The highest BCUT2D eigenvalue weighted by Crippen LogP contribution is 2.58. The number of carbonyl (C=O) groups excluding carboxylic acids is 3. The van der Waals surface area contributed by atoms with E-state index in [2.05, 4.69) is 5.32 Å². The first-order valence-corrected chi connectivity index (χ1v) is 13.8. The summed E-state index contributed by atoms with van der Waals surface area (Å²) in [5.74, 6) is -1.88. The van der Waals surface area contributed by atoms with E-state index in [1.165, 1.54) is 31.4 Å². The SMILES string of the molecule is COc1ccc(C(=O)[C@H]2[C@H](C(=O)c3cccc([N+](=O)[O-])c3)N3c4ccccc4C=C[C@@H]3[C@]23C(=O)Nc2ccccc23)cc1. The van der Waals surface area contributed by atoms with Crippen LogP contribution in [-0.4, -0.2) is 41.6 Å². The molecule has 4 atom stereocenters. The predicted molar refractivity (Wildman–Crippen MR) is 161 cm³/mol. The van der Waals surface area contributed by atoms with Crippen molar-refractivity contribution in [1.82, 2.24) is 0 Å². The maximum absolute atomic E-state index is 14.8. The van der Waals surface area contributed by atoms with Crippen molar-refractivity contribution in [2.75, 3.05) is 17.3 Å². The van der Waals surface area contributed by atoms with Gasteiger partial charge in [-0.3, -0.25) is 24.5 Å². The van der Waals surface area contributed by atoms with Crippen molar-refractivity contribution in [3.63, 3.8) is 0 Å². The number of fused-ring (bicyclic) bond motifs is 6. The number of nitrogens with one attached hydrogen (secondary N) is 1. The number of Topliss-reactive ketones (excluding diaryl/α,β-unsaturated/α-hetero) is 2. The highest BCUT2D eigenvalue weighted by Gasteiger charge is 2.70. The fourth-order valence-corrected chi connectivity index (χ4v) is 7.00. The molecule has 1 spiro atoms. The Labute approximate surface area is 246 Å². The van der Waals surface area contributed by atoms with E-state index in [1.54, 1.807) is 30.3 Å². The van der Waals surface area contributed by atoms with Gasteiger partial charge in [0.1, 0.15) is 17.2 Å². The Balaban J connectivity index is 1.52. The van der Waals surface area contributed by atoms with Gasteiger partial charge in [0.05, 0.1) is 24.0 Å². The summed E-state index contributed by atoms with van der Waals surface area (Å²) in [5, 5.41) is 14.6. The Bertz CT molecular complexity index is 1870. The number of anilines is 2. The van der Waals surface area contributed by atoms with Crippen LogP contribution in [0.4, 0.5) is 17.1 Å². The molecule has 0 aromatic heterocycles. The van der Waals surface area contributed by atoms with Crippen molar-refractivity contribution in [3.05, 3.63) is 136 Å². The number of non-ortho nitro benzene ring substituents is 1. The van der Waals surface area contributed by atoms with Crippen molar-refractivity contribution >= 4 is 40.6 Å². The molecule has 1 fully saturated rings. The number of nitrogens with zero attached hydrogens (tertiary/aromatic N) is 2. The summed E-state index contributed by atoms with van der Waals surface area (Å²) in [6.07, 6.45) is 3.81. The van der Waals surface area contributed by atoms with Crippen LogP contribution >= 0.6 is 0 Å². The van der Waals surface area contributed by atoms with E-state index in [9.17, 15) is 24.5 Å². The molecule has 0 unspecified atom stereocenters. The largest absolute Gasteiger partial charge is 0.497 e. The molecule has 9 nitrogen and oxygen atoms in total. The molecule has 4 aromatic rings. The molecule has 1 amide bonds. The summed E-state index contributed by atoms with van der Waals surface area (Å²) in [6, 6.07) is 25.0. The van der Waals surface area contributed by atoms with Gasteiger partial charge in [-0.05, 0) is 47.5 Å². The average molecular weight is 572 g/mol. The summed E-state index contributed by atoms with van der Waals surface area (Å²) >= 11 is 0. The first-order chi connectivity index (χ1) is 20.9. The minimum Gasteiger partial charge on any atom is -0.497 e. The quantitative estimate of drug-likeness (QED) is 0.185. The van der Waals surface area contributed by atoms with Crippen molar-refractivity contribution in [2.24, 2.45) is 5.92 Å². The lowest BCUT2D eigenvalue weighted by atomic mass is 9.64. The second-order valence-electron chi connectivity index (χ2n) is 10.8. The van der Waals surface area contributed by atoms with Gasteiger partial charge in [-0.2, -0.15) is 0 Å². The molecule has 43 heavy (non-hydrogen) atoms. The zero-order valence-corrected chi connectivity index (χ0v) is 23.0. The van der Waals surface area contributed by atoms with Crippen LogP contribution in [0.1, 0.15) is 31.8 Å². The zero-order valence-electron chi connectivity index (χ0n) is 23.0. The van der Waals surface area contributed by atoms with E-state index in [-0.39, 0.29) is 17.2 Å². The normalized spacial score (nSPS) is 22.9. The van der Waals surface area contributed by atoms with Crippen LogP contribution in [-0.2, 0) is 10.2 Å². The lowest BCUT2D eigenvalue weighted by Crippen LogP contribution is -2.51. The summed E-state index contributed by atoms with van der Waals surface area (Å²) in [7, 11) is 1.53. The first-order valence-electron chi connectivity index (χ1n) is 13.8. The molecular weight excluding hydrogens is 546 g/mol. The third-order valence-corrected chi connectivity index (χ3v) is 8.81.